The van der Waals surface area contributed by atoms with Crippen molar-refractivity contribution in [3.8, 4) is 0 Å². The quantitative estimate of drug-likeness (QED) is 0.857. The van der Waals surface area contributed by atoms with Gasteiger partial charge in [0.15, 0.2) is 0 Å². The molecule has 1 heterocycles. The lowest BCUT2D eigenvalue weighted by molar-refractivity contribution is 0.378. The van der Waals surface area contributed by atoms with Crippen LogP contribution in [0.2, 0.25) is 0 Å². The van der Waals surface area contributed by atoms with E-state index in [-0.39, 0.29) is 0 Å². The lowest BCUT2D eigenvalue weighted by atomic mass is 9.93. The Morgan fingerprint density at radius 2 is 1.95 bits per heavy atom. The zero-order valence-corrected chi connectivity index (χ0v) is 13.5. The van der Waals surface area contributed by atoms with E-state index in [9.17, 15) is 0 Å². The number of rotatable bonds is 5. The van der Waals surface area contributed by atoms with Crippen molar-refractivity contribution < 1.29 is 0 Å². The third kappa shape index (κ3) is 3.76. The summed E-state index contributed by atoms with van der Waals surface area (Å²) in [6, 6.07) is 10.3. The minimum atomic E-state index is 0.447. The van der Waals surface area contributed by atoms with Crippen LogP contribution in [0.25, 0.3) is 0 Å². The zero-order chi connectivity index (χ0) is 14.5. The average molecular weight is 274 g/mol. The first-order valence-corrected chi connectivity index (χ1v) is 8.21. The summed E-state index contributed by atoms with van der Waals surface area (Å²) >= 11 is 0. The summed E-state index contributed by atoms with van der Waals surface area (Å²) in [7, 11) is 0. The zero-order valence-electron chi connectivity index (χ0n) is 13.5. The third-order valence-electron chi connectivity index (χ3n) is 4.56. The largest absolute Gasteiger partial charge is 0.369 e. The molecule has 20 heavy (non-hydrogen) atoms. The Hall–Kier alpha value is -1.02. The normalized spacial score (nSPS) is 24.7. The molecule has 1 N–H and O–H groups in total. The van der Waals surface area contributed by atoms with Crippen LogP contribution < -0.4 is 10.2 Å². The molecule has 3 atom stereocenters. The number of hydrogen-bond donors (Lipinski definition) is 1. The van der Waals surface area contributed by atoms with Crippen molar-refractivity contribution in [3.05, 3.63) is 29.8 Å². The van der Waals surface area contributed by atoms with Crippen LogP contribution in [0.5, 0.6) is 0 Å². The molecule has 1 aromatic carbocycles. The molecule has 0 spiro atoms. The van der Waals surface area contributed by atoms with Crippen molar-refractivity contribution in [1.82, 2.24) is 5.32 Å². The summed E-state index contributed by atoms with van der Waals surface area (Å²) < 4.78 is 0. The van der Waals surface area contributed by atoms with Crippen molar-refractivity contribution >= 4 is 5.69 Å². The number of nitrogens with one attached hydrogen (secondary N) is 1. The third-order valence-corrected chi connectivity index (χ3v) is 4.56. The minimum Gasteiger partial charge on any atom is -0.369 e. The topological polar surface area (TPSA) is 15.3 Å². The molecule has 112 valence electrons. The van der Waals surface area contributed by atoms with Crippen molar-refractivity contribution in [3.63, 3.8) is 0 Å². The maximum absolute atomic E-state index is 3.55. The molecule has 1 aliphatic rings. The van der Waals surface area contributed by atoms with E-state index in [0.29, 0.717) is 12.1 Å². The highest BCUT2D eigenvalue weighted by atomic mass is 15.2. The summed E-state index contributed by atoms with van der Waals surface area (Å²) in [5.74, 6) is 0.874. The number of benzene rings is 1. The van der Waals surface area contributed by atoms with Crippen molar-refractivity contribution in [2.75, 3.05) is 18.0 Å². The second-order valence-corrected chi connectivity index (χ2v) is 6.44. The highest BCUT2D eigenvalue weighted by Gasteiger charge is 2.22. The summed E-state index contributed by atoms with van der Waals surface area (Å²) in [4.78, 5) is 2.56. The second kappa shape index (κ2) is 7.12. The maximum atomic E-state index is 3.55. The molecule has 0 amide bonds. The first-order valence-electron chi connectivity index (χ1n) is 8.21. The molecule has 0 radical (unpaired) electrons. The molecule has 1 aromatic rings. The lowest BCUT2D eigenvalue weighted by Gasteiger charge is -2.38. The van der Waals surface area contributed by atoms with Crippen molar-refractivity contribution in [1.29, 1.82) is 0 Å². The highest BCUT2D eigenvalue weighted by Crippen LogP contribution is 2.28. The van der Waals surface area contributed by atoms with Gasteiger partial charge < -0.3 is 10.2 Å². The number of anilines is 1. The van der Waals surface area contributed by atoms with Crippen LogP contribution in [-0.4, -0.2) is 19.1 Å². The Labute approximate surface area is 124 Å². The molecule has 3 unspecified atom stereocenters. The maximum Gasteiger partial charge on any atom is 0.0368 e. The average Bonchev–Trinajstić information content (AvgIpc) is 2.45. The predicted molar refractivity (Wildman–Crippen MR) is 88.4 cm³/mol. The molecule has 2 heteroatoms. The predicted octanol–water partition coefficient (Wildman–Crippen LogP) is 4.37. The van der Waals surface area contributed by atoms with E-state index in [1.165, 1.54) is 37.1 Å². The monoisotopic (exact) mass is 274 g/mol. The fourth-order valence-electron chi connectivity index (χ4n) is 3.22. The van der Waals surface area contributed by atoms with Gasteiger partial charge in [-0.2, -0.15) is 0 Å². The van der Waals surface area contributed by atoms with E-state index in [0.717, 1.165) is 12.5 Å². The molecule has 0 aliphatic carbocycles. The van der Waals surface area contributed by atoms with Gasteiger partial charge in [0, 0.05) is 24.3 Å². The number of nitrogens with zero attached hydrogens (tertiary/aromatic N) is 1. The molecule has 1 fully saturated rings. The van der Waals surface area contributed by atoms with Gasteiger partial charge in [-0.05, 0) is 63.3 Å². The van der Waals surface area contributed by atoms with Crippen LogP contribution >= 0.6 is 0 Å². The molecule has 0 saturated carbocycles. The van der Waals surface area contributed by atoms with Crippen LogP contribution in [-0.2, 0) is 0 Å². The van der Waals surface area contributed by atoms with Gasteiger partial charge in [0.2, 0.25) is 0 Å². The van der Waals surface area contributed by atoms with Crippen LogP contribution in [0.4, 0.5) is 5.69 Å². The van der Waals surface area contributed by atoms with Gasteiger partial charge in [-0.25, -0.2) is 0 Å². The molecule has 1 saturated heterocycles. The Kier molecular flexibility index (Phi) is 5.47. The van der Waals surface area contributed by atoms with Crippen LogP contribution in [0.15, 0.2) is 24.3 Å². The van der Waals surface area contributed by atoms with Gasteiger partial charge in [0.25, 0.3) is 0 Å². The smallest absolute Gasteiger partial charge is 0.0368 e. The standard InChI is InChI=1S/C18H30N2/c1-5-11-19-16(4)17-6-8-18(9-7-17)20-12-10-14(2)13-15(20)3/h6-9,14-16,19H,5,10-13H2,1-4H3. The van der Waals surface area contributed by atoms with E-state index < -0.39 is 0 Å². The second-order valence-electron chi connectivity index (χ2n) is 6.44. The van der Waals surface area contributed by atoms with Crippen LogP contribution in [0.1, 0.15) is 58.6 Å². The van der Waals surface area contributed by atoms with E-state index >= 15 is 0 Å². The summed E-state index contributed by atoms with van der Waals surface area (Å²) in [6.45, 7) is 11.5. The summed E-state index contributed by atoms with van der Waals surface area (Å²) in [5, 5.41) is 3.55. The van der Waals surface area contributed by atoms with Crippen LogP contribution in [0.3, 0.4) is 0 Å². The molecule has 2 nitrogen and oxygen atoms in total. The van der Waals surface area contributed by atoms with Gasteiger partial charge >= 0.3 is 0 Å². The van der Waals surface area contributed by atoms with E-state index in [2.05, 4.69) is 62.2 Å². The highest BCUT2D eigenvalue weighted by molar-refractivity contribution is 5.49. The molecular weight excluding hydrogens is 244 g/mol. The van der Waals surface area contributed by atoms with E-state index in [4.69, 9.17) is 0 Å². The molecule has 0 bridgehead atoms. The number of hydrogen-bond acceptors (Lipinski definition) is 2. The van der Waals surface area contributed by atoms with E-state index in [1.54, 1.807) is 0 Å². The Balaban J connectivity index is 2.00. The fraction of sp³-hybridized carbons (Fsp3) is 0.667. The number of piperidine rings is 1. The summed E-state index contributed by atoms with van der Waals surface area (Å²) in [6.07, 6.45) is 3.82. The van der Waals surface area contributed by atoms with Gasteiger partial charge in [0.1, 0.15) is 0 Å². The molecule has 2 rings (SSSR count). The Morgan fingerprint density at radius 3 is 2.55 bits per heavy atom. The first kappa shape index (κ1) is 15.4. The summed E-state index contributed by atoms with van der Waals surface area (Å²) in [5.41, 5.74) is 2.77. The van der Waals surface area contributed by atoms with Crippen molar-refractivity contribution in [2.45, 2.75) is 59.0 Å². The SMILES string of the molecule is CCCNC(C)c1ccc(N2CCC(C)CC2C)cc1. The van der Waals surface area contributed by atoms with Crippen molar-refractivity contribution in [2.24, 2.45) is 5.92 Å². The van der Waals surface area contributed by atoms with Gasteiger partial charge in [-0.1, -0.05) is 26.0 Å². The molecule has 1 aliphatic heterocycles. The van der Waals surface area contributed by atoms with Crippen LogP contribution in [0, 0.1) is 5.92 Å². The first-order chi connectivity index (χ1) is 9.61. The molecular formula is C18H30N2. The van der Waals surface area contributed by atoms with Gasteiger partial charge in [-0.15, -0.1) is 0 Å². The lowest BCUT2D eigenvalue weighted by Crippen LogP contribution is -2.40. The fourth-order valence-corrected chi connectivity index (χ4v) is 3.22. The van der Waals surface area contributed by atoms with Gasteiger partial charge in [0.05, 0.1) is 0 Å². The molecule has 0 aromatic heterocycles. The van der Waals surface area contributed by atoms with E-state index in [1.807, 2.05) is 0 Å². The Bertz CT molecular complexity index is 398. The van der Waals surface area contributed by atoms with Gasteiger partial charge in [-0.3, -0.25) is 0 Å². The minimum absolute atomic E-state index is 0.447. The Morgan fingerprint density at radius 1 is 1.25 bits per heavy atom.